The largest absolute Gasteiger partial charge is 0.479 e. The number of carbonyl (C=O) groups is 1. The Morgan fingerprint density at radius 3 is 2.08 bits per heavy atom. The molecule has 6 nitrogen and oxygen atoms in total. The molecular formula is C5H11O6P. The molecule has 0 rings (SSSR count). The number of aliphatic carboxylic acids is 1. The van der Waals surface area contributed by atoms with Crippen molar-refractivity contribution in [1.82, 2.24) is 0 Å². The third-order valence-corrected chi connectivity index (χ3v) is 2.55. The summed E-state index contributed by atoms with van der Waals surface area (Å²) in [5.74, 6) is -1.23. The van der Waals surface area contributed by atoms with Crippen molar-refractivity contribution in [2.75, 3.05) is 14.2 Å². The molecule has 0 aliphatic carbocycles. The molecule has 0 aromatic carbocycles. The van der Waals surface area contributed by atoms with Gasteiger partial charge in [-0.2, -0.15) is 0 Å². The summed E-state index contributed by atoms with van der Waals surface area (Å²) < 4.78 is 24.4. The highest BCUT2D eigenvalue weighted by atomic mass is 31.2. The van der Waals surface area contributed by atoms with Crippen LogP contribution in [0.4, 0.5) is 0 Å². The molecule has 0 radical (unpaired) electrons. The lowest BCUT2D eigenvalue weighted by molar-refractivity contribution is -0.145. The highest BCUT2D eigenvalue weighted by Crippen LogP contribution is 2.48. The lowest BCUT2D eigenvalue weighted by Crippen LogP contribution is -2.19. The summed E-state index contributed by atoms with van der Waals surface area (Å²) in [7, 11) is -1.45. The summed E-state index contributed by atoms with van der Waals surface area (Å²) in [5.41, 5.74) is 0. The summed E-state index contributed by atoms with van der Waals surface area (Å²) in [4.78, 5) is 10.3. The van der Waals surface area contributed by atoms with E-state index >= 15 is 0 Å². The van der Waals surface area contributed by atoms with Crippen molar-refractivity contribution >= 4 is 13.8 Å². The predicted octanol–water partition coefficient (Wildman–Crippen LogP) is 0.877. The van der Waals surface area contributed by atoms with Crippen LogP contribution in [0.2, 0.25) is 0 Å². The van der Waals surface area contributed by atoms with E-state index in [4.69, 9.17) is 5.11 Å². The number of rotatable bonds is 5. The molecule has 0 fully saturated rings. The van der Waals surface area contributed by atoms with E-state index in [-0.39, 0.29) is 0 Å². The molecule has 0 spiro atoms. The Morgan fingerprint density at radius 1 is 1.42 bits per heavy atom. The zero-order valence-corrected chi connectivity index (χ0v) is 7.91. The first-order valence-corrected chi connectivity index (χ1v) is 4.54. The lowest BCUT2D eigenvalue weighted by atomic mass is 10.4. The van der Waals surface area contributed by atoms with Crippen LogP contribution >= 0.6 is 7.82 Å². The van der Waals surface area contributed by atoms with Crippen molar-refractivity contribution in [3.05, 3.63) is 0 Å². The van der Waals surface area contributed by atoms with Crippen LogP contribution in [0.15, 0.2) is 0 Å². The van der Waals surface area contributed by atoms with Gasteiger partial charge in [0.05, 0.1) is 0 Å². The van der Waals surface area contributed by atoms with Gasteiger partial charge < -0.3 is 5.11 Å². The summed E-state index contributed by atoms with van der Waals surface area (Å²) in [6.45, 7) is 1.23. The van der Waals surface area contributed by atoms with Gasteiger partial charge in [-0.1, -0.05) is 0 Å². The van der Waals surface area contributed by atoms with Gasteiger partial charge in [-0.05, 0) is 6.92 Å². The van der Waals surface area contributed by atoms with Crippen molar-refractivity contribution in [2.45, 2.75) is 13.0 Å². The second-order valence-electron chi connectivity index (χ2n) is 1.90. The fraction of sp³-hybridized carbons (Fsp3) is 0.800. The van der Waals surface area contributed by atoms with Crippen LogP contribution in [0.25, 0.3) is 0 Å². The Bertz CT molecular complexity index is 194. The highest BCUT2D eigenvalue weighted by Gasteiger charge is 2.28. The molecule has 0 bridgehead atoms. The summed E-state index contributed by atoms with van der Waals surface area (Å²) in [6, 6.07) is 0. The molecule has 7 heteroatoms. The van der Waals surface area contributed by atoms with Gasteiger partial charge in [-0.15, -0.1) is 0 Å². The summed E-state index contributed by atoms with van der Waals surface area (Å²) in [5, 5.41) is 8.38. The maximum Gasteiger partial charge on any atom is 0.475 e. The van der Waals surface area contributed by atoms with Crippen LogP contribution in [-0.2, 0) is 22.9 Å². The van der Waals surface area contributed by atoms with Crippen LogP contribution in [0.3, 0.4) is 0 Å². The van der Waals surface area contributed by atoms with Gasteiger partial charge >= 0.3 is 13.8 Å². The van der Waals surface area contributed by atoms with Gasteiger partial charge in [-0.3, -0.25) is 13.6 Å². The number of hydrogen-bond acceptors (Lipinski definition) is 5. The average Bonchev–Trinajstić information content (AvgIpc) is 2.04. The smallest absolute Gasteiger partial charge is 0.475 e. The van der Waals surface area contributed by atoms with Gasteiger partial charge in [0.25, 0.3) is 0 Å². The fourth-order valence-electron chi connectivity index (χ4n) is 0.399. The zero-order valence-electron chi connectivity index (χ0n) is 7.01. The van der Waals surface area contributed by atoms with E-state index in [1.54, 1.807) is 0 Å². The van der Waals surface area contributed by atoms with Gasteiger partial charge in [0.15, 0.2) is 6.10 Å². The Kier molecular flexibility index (Phi) is 4.41. The minimum absolute atomic E-state index is 1.11. The predicted molar refractivity (Wildman–Crippen MR) is 39.8 cm³/mol. The monoisotopic (exact) mass is 198 g/mol. The van der Waals surface area contributed by atoms with Gasteiger partial charge in [0, 0.05) is 14.2 Å². The van der Waals surface area contributed by atoms with Crippen molar-refractivity contribution in [2.24, 2.45) is 0 Å². The van der Waals surface area contributed by atoms with E-state index in [2.05, 4.69) is 13.6 Å². The number of carboxylic acid groups (broad SMARTS) is 1. The Labute approximate surface area is 70.0 Å². The quantitative estimate of drug-likeness (QED) is 0.660. The standard InChI is InChI=1S/C5H11O6P/c1-4(5(6)7)11-12(8,9-2)10-3/h4H,1-3H3,(H,6,7). The maximum atomic E-state index is 11.1. The molecule has 0 saturated carbocycles. The van der Waals surface area contributed by atoms with E-state index in [1.165, 1.54) is 6.92 Å². The lowest BCUT2D eigenvalue weighted by Gasteiger charge is -2.15. The minimum atomic E-state index is -3.67. The van der Waals surface area contributed by atoms with E-state index in [0.717, 1.165) is 14.2 Å². The Balaban J connectivity index is 4.22. The Hall–Kier alpha value is -0.420. The summed E-state index contributed by atoms with van der Waals surface area (Å²) >= 11 is 0. The first kappa shape index (κ1) is 11.6. The van der Waals surface area contributed by atoms with E-state index in [0.29, 0.717) is 0 Å². The molecule has 1 N–H and O–H groups in total. The zero-order chi connectivity index (χ0) is 9.78. The third kappa shape index (κ3) is 3.32. The van der Waals surface area contributed by atoms with Gasteiger partial charge in [-0.25, -0.2) is 9.36 Å². The topological polar surface area (TPSA) is 82.1 Å². The first-order chi connectivity index (χ1) is 5.45. The fourth-order valence-corrected chi connectivity index (χ4v) is 1.20. The van der Waals surface area contributed by atoms with Crippen LogP contribution in [0, 0.1) is 0 Å². The molecule has 0 aliphatic heterocycles. The van der Waals surface area contributed by atoms with Crippen LogP contribution < -0.4 is 0 Å². The number of carboxylic acids is 1. The normalized spacial score (nSPS) is 14.2. The van der Waals surface area contributed by atoms with Gasteiger partial charge in [0.1, 0.15) is 0 Å². The molecule has 0 heterocycles. The number of hydrogen-bond donors (Lipinski definition) is 1. The van der Waals surface area contributed by atoms with Crippen molar-refractivity contribution in [3.8, 4) is 0 Å². The minimum Gasteiger partial charge on any atom is -0.479 e. The molecule has 0 saturated heterocycles. The third-order valence-electron chi connectivity index (χ3n) is 1.08. The molecule has 72 valence electrons. The number of phosphoric acid groups is 1. The molecule has 0 amide bonds. The first-order valence-electron chi connectivity index (χ1n) is 3.08. The molecule has 12 heavy (non-hydrogen) atoms. The second-order valence-corrected chi connectivity index (χ2v) is 3.73. The van der Waals surface area contributed by atoms with Crippen molar-refractivity contribution < 1.29 is 28.0 Å². The molecular weight excluding hydrogens is 187 g/mol. The van der Waals surface area contributed by atoms with Crippen LogP contribution in [0.5, 0.6) is 0 Å². The van der Waals surface area contributed by atoms with E-state index in [9.17, 15) is 9.36 Å². The van der Waals surface area contributed by atoms with Gasteiger partial charge in [0.2, 0.25) is 0 Å². The summed E-state index contributed by atoms with van der Waals surface area (Å²) in [6.07, 6.45) is -1.23. The number of phosphoric ester groups is 1. The van der Waals surface area contributed by atoms with Crippen molar-refractivity contribution in [1.29, 1.82) is 0 Å². The Morgan fingerprint density at radius 2 is 1.83 bits per heavy atom. The highest BCUT2D eigenvalue weighted by molar-refractivity contribution is 7.48. The van der Waals surface area contributed by atoms with Crippen molar-refractivity contribution in [3.63, 3.8) is 0 Å². The molecule has 1 atom stereocenters. The molecule has 0 aromatic heterocycles. The molecule has 0 aliphatic rings. The van der Waals surface area contributed by atoms with Crippen LogP contribution in [0.1, 0.15) is 6.92 Å². The molecule has 1 unspecified atom stereocenters. The van der Waals surface area contributed by atoms with Crippen LogP contribution in [-0.4, -0.2) is 31.4 Å². The second kappa shape index (κ2) is 4.57. The maximum absolute atomic E-state index is 11.1. The average molecular weight is 198 g/mol. The SMILES string of the molecule is COP(=O)(OC)OC(C)C(=O)O. The van der Waals surface area contributed by atoms with E-state index < -0.39 is 19.9 Å². The molecule has 0 aromatic rings. The van der Waals surface area contributed by atoms with E-state index in [1.807, 2.05) is 0 Å².